The molecular formula is C11H19F2NO4. The number of amides is 1. The van der Waals surface area contributed by atoms with Crippen molar-refractivity contribution < 1.29 is 28.2 Å². The topological polar surface area (TPSA) is 75.6 Å². The smallest absolute Gasteiger partial charge is 0.407 e. The molecule has 2 N–H and O–H groups in total. The summed E-state index contributed by atoms with van der Waals surface area (Å²) in [6.07, 6.45) is -1.79. The summed E-state index contributed by atoms with van der Waals surface area (Å²) in [7, 11) is 0. The third kappa shape index (κ3) is 7.81. The maximum Gasteiger partial charge on any atom is 0.407 e. The van der Waals surface area contributed by atoms with E-state index in [-0.39, 0.29) is 0 Å². The lowest BCUT2D eigenvalue weighted by Gasteiger charge is -2.22. The predicted molar refractivity (Wildman–Crippen MR) is 60.6 cm³/mol. The van der Waals surface area contributed by atoms with Crippen molar-refractivity contribution in [1.82, 2.24) is 5.32 Å². The average Bonchev–Trinajstić information content (AvgIpc) is 2.11. The molecule has 1 amide bonds. The molecular weight excluding hydrogens is 248 g/mol. The molecule has 1 atom stereocenters. The van der Waals surface area contributed by atoms with Gasteiger partial charge >= 0.3 is 12.1 Å². The lowest BCUT2D eigenvalue weighted by atomic mass is 10.0. The average molecular weight is 267 g/mol. The summed E-state index contributed by atoms with van der Waals surface area (Å²) in [5.41, 5.74) is -0.770. The number of halogens is 2. The molecule has 0 heterocycles. The molecule has 0 saturated carbocycles. The maximum atomic E-state index is 13.3. The molecule has 5 nitrogen and oxygen atoms in total. The Labute approximate surface area is 105 Å². The van der Waals surface area contributed by atoms with Crippen LogP contribution in [-0.2, 0) is 9.53 Å². The predicted octanol–water partition coefficient (Wildman–Crippen LogP) is 2.26. The summed E-state index contributed by atoms with van der Waals surface area (Å²) in [5, 5.41) is 10.4. The van der Waals surface area contributed by atoms with E-state index >= 15 is 0 Å². The van der Waals surface area contributed by atoms with Gasteiger partial charge in [0.1, 0.15) is 5.60 Å². The number of carbonyl (C=O) groups is 2. The second-order valence-electron chi connectivity index (χ2n) is 5.15. The number of hydrogen-bond acceptors (Lipinski definition) is 3. The van der Waals surface area contributed by atoms with E-state index in [9.17, 15) is 18.4 Å². The molecule has 0 unspecified atom stereocenters. The monoisotopic (exact) mass is 267 g/mol. The molecule has 0 aliphatic rings. The first-order chi connectivity index (χ1) is 7.93. The summed E-state index contributed by atoms with van der Waals surface area (Å²) in [6.45, 7) is 5.06. The zero-order chi connectivity index (χ0) is 14.6. The number of hydrogen-bond donors (Lipinski definition) is 2. The van der Waals surface area contributed by atoms with Gasteiger partial charge in [-0.15, -0.1) is 0 Å². The number of carboxylic acid groups (broad SMARTS) is 1. The summed E-state index contributed by atoms with van der Waals surface area (Å²) in [4.78, 5) is 21.6. The molecule has 0 saturated heterocycles. The van der Waals surface area contributed by atoms with Crippen LogP contribution in [0.25, 0.3) is 0 Å². The summed E-state index contributed by atoms with van der Waals surface area (Å²) < 4.78 is 31.4. The van der Waals surface area contributed by atoms with Gasteiger partial charge < -0.3 is 15.2 Å². The van der Waals surface area contributed by atoms with Crippen LogP contribution < -0.4 is 5.32 Å². The SMILES string of the molecule is C[C@@H](CC(F)(F)CNC(=O)OC(C)(C)C)C(=O)O. The fraction of sp³-hybridized carbons (Fsp3) is 0.818. The zero-order valence-electron chi connectivity index (χ0n) is 10.9. The van der Waals surface area contributed by atoms with Gasteiger partial charge in [-0.05, 0) is 20.8 Å². The minimum absolute atomic E-state index is 0.770. The summed E-state index contributed by atoms with van der Waals surface area (Å²) in [6, 6.07) is 0. The highest BCUT2D eigenvalue weighted by Gasteiger charge is 2.34. The quantitative estimate of drug-likeness (QED) is 0.801. The lowest BCUT2D eigenvalue weighted by Crippen LogP contribution is -2.41. The van der Waals surface area contributed by atoms with Crippen LogP contribution in [0.1, 0.15) is 34.1 Å². The van der Waals surface area contributed by atoms with Crippen LogP contribution in [0.2, 0.25) is 0 Å². The lowest BCUT2D eigenvalue weighted by molar-refractivity contribution is -0.144. The fourth-order valence-corrected chi connectivity index (χ4v) is 1.12. The van der Waals surface area contributed by atoms with E-state index in [1.54, 1.807) is 20.8 Å². The van der Waals surface area contributed by atoms with Gasteiger partial charge in [-0.3, -0.25) is 4.79 Å². The van der Waals surface area contributed by atoms with E-state index < -0.39 is 42.5 Å². The van der Waals surface area contributed by atoms with Gasteiger partial charge in [-0.1, -0.05) is 6.92 Å². The minimum atomic E-state index is -3.28. The zero-order valence-corrected chi connectivity index (χ0v) is 10.9. The van der Waals surface area contributed by atoms with E-state index in [2.05, 4.69) is 0 Å². The molecule has 0 rings (SSSR count). The van der Waals surface area contributed by atoms with Crippen molar-refractivity contribution in [3.63, 3.8) is 0 Å². The van der Waals surface area contributed by atoms with E-state index in [1.807, 2.05) is 5.32 Å². The van der Waals surface area contributed by atoms with Crippen LogP contribution in [0.15, 0.2) is 0 Å². The van der Waals surface area contributed by atoms with Crippen LogP contribution in [0.5, 0.6) is 0 Å². The van der Waals surface area contributed by atoms with Crippen molar-refractivity contribution in [2.24, 2.45) is 5.92 Å². The van der Waals surface area contributed by atoms with Crippen molar-refractivity contribution in [2.75, 3.05) is 6.54 Å². The molecule has 7 heteroatoms. The highest BCUT2D eigenvalue weighted by atomic mass is 19.3. The molecule has 106 valence electrons. The fourth-order valence-electron chi connectivity index (χ4n) is 1.12. The minimum Gasteiger partial charge on any atom is -0.481 e. The Bertz CT molecular complexity index is 313. The first kappa shape index (κ1) is 16.6. The van der Waals surface area contributed by atoms with E-state index in [1.165, 1.54) is 6.92 Å². The molecule has 0 aliphatic carbocycles. The van der Waals surface area contributed by atoms with Gasteiger partial charge in [0.05, 0.1) is 12.5 Å². The maximum absolute atomic E-state index is 13.3. The van der Waals surface area contributed by atoms with Crippen LogP contribution in [0, 0.1) is 5.92 Å². The number of rotatable bonds is 5. The molecule has 0 spiro atoms. The van der Waals surface area contributed by atoms with Crippen LogP contribution in [0.3, 0.4) is 0 Å². The molecule has 0 bridgehead atoms. The van der Waals surface area contributed by atoms with E-state index in [0.29, 0.717) is 0 Å². The molecule has 0 radical (unpaired) electrons. The van der Waals surface area contributed by atoms with Crippen molar-refractivity contribution in [3.05, 3.63) is 0 Å². The highest BCUT2D eigenvalue weighted by Crippen LogP contribution is 2.23. The molecule has 0 aromatic carbocycles. The van der Waals surface area contributed by atoms with E-state index in [4.69, 9.17) is 9.84 Å². The van der Waals surface area contributed by atoms with Gasteiger partial charge in [0, 0.05) is 6.42 Å². The number of ether oxygens (including phenoxy) is 1. The van der Waals surface area contributed by atoms with Crippen LogP contribution in [-0.4, -0.2) is 35.2 Å². The number of alkyl halides is 2. The third-order valence-corrected chi connectivity index (χ3v) is 1.92. The Kier molecular flexibility index (Phi) is 5.51. The second-order valence-corrected chi connectivity index (χ2v) is 5.15. The Morgan fingerprint density at radius 2 is 1.83 bits per heavy atom. The van der Waals surface area contributed by atoms with Crippen LogP contribution >= 0.6 is 0 Å². The van der Waals surface area contributed by atoms with E-state index in [0.717, 1.165) is 0 Å². The molecule has 0 aromatic heterocycles. The van der Waals surface area contributed by atoms with Crippen molar-refractivity contribution in [2.45, 2.75) is 45.6 Å². The Morgan fingerprint density at radius 1 is 1.33 bits per heavy atom. The standard InChI is InChI=1S/C11H19F2NO4/c1-7(8(15)16)5-11(12,13)6-14-9(17)18-10(2,3)4/h7H,5-6H2,1-4H3,(H,14,17)(H,15,16)/t7-/m0/s1. The van der Waals surface area contributed by atoms with Gasteiger partial charge in [0.15, 0.2) is 0 Å². The number of alkyl carbamates (subject to hydrolysis) is 1. The Hall–Kier alpha value is -1.40. The first-order valence-electron chi connectivity index (χ1n) is 5.50. The summed E-state index contributed by atoms with van der Waals surface area (Å²) >= 11 is 0. The number of nitrogens with one attached hydrogen (secondary N) is 1. The molecule has 0 aromatic rings. The normalized spacial score (nSPS) is 13.9. The first-order valence-corrected chi connectivity index (χ1v) is 5.50. The number of carboxylic acids is 1. The van der Waals surface area contributed by atoms with Crippen molar-refractivity contribution >= 4 is 12.1 Å². The molecule has 0 fully saturated rings. The highest BCUT2D eigenvalue weighted by molar-refractivity contribution is 5.69. The number of aliphatic carboxylic acids is 1. The second kappa shape index (κ2) is 5.97. The Morgan fingerprint density at radius 3 is 2.22 bits per heavy atom. The third-order valence-electron chi connectivity index (χ3n) is 1.92. The molecule has 0 aliphatic heterocycles. The Balaban J connectivity index is 4.19. The van der Waals surface area contributed by atoms with Crippen LogP contribution in [0.4, 0.5) is 13.6 Å². The van der Waals surface area contributed by atoms with Gasteiger partial charge in [0.2, 0.25) is 0 Å². The van der Waals surface area contributed by atoms with Gasteiger partial charge in [-0.25, -0.2) is 13.6 Å². The van der Waals surface area contributed by atoms with Crippen molar-refractivity contribution in [3.8, 4) is 0 Å². The van der Waals surface area contributed by atoms with Crippen molar-refractivity contribution in [1.29, 1.82) is 0 Å². The van der Waals surface area contributed by atoms with Gasteiger partial charge in [0.25, 0.3) is 5.92 Å². The summed E-state index contributed by atoms with van der Waals surface area (Å²) in [5.74, 6) is -5.76. The van der Waals surface area contributed by atoms with Gasteiger partial charge in [-0.2, -0.15) is 0 Å². The molecule has 18 heavy (non-hydrogen) atoms. The largest absolute Gasteiger partial charge is 0.481 e. The number of carbonyl (C=O) groups excluding carboxylic acids is 1.